The van der Waals surface area contributed by atoms with Crippen molar-refractivity contribution in [2.24, 2.45) is 0 Å². The van der Waals surface area contributed by atoms with E-state index in [2.05, 4.69) is 21.0 Å². The van der Waals surface area contributed by atoms with Gasteiger partial charge < -0.3 is 0 Å². The largest absolute Gasteiger partial charge is 0.233 e. The molecule has 0 amide bonds. The lowest BCUT2D eigenvalue weighted by atomic mass is 10.3. The first-order chi connectivity index (χ1) is 6.29. The fourth-order valence-corrected chi connectivity index (χ4v) is 1.37. The number of hydrogen-bond acceptors (Lipinski definition) is 4. The average molecular weight is 190 g/mol. The molecule has 1 radical (unpaired) electrons. The quantitative estimate of drug-likeness (QED) is 0.508. The smallest absolute Gasteiger partial charge is 0.189 e. The van der Waals surface area contributed by atoms with Crippen molar-refractivity contribution in [2.75, 3.05) is 6.26 Å². The molecule has 65 valence electrons. The summed E-state index contributed by atoms with van der Waals surface area (Å²) in [5.74, 6) is 0. The molecule has 2 aromatic heterocycles. The number of nitrogens with zero attached hydrogens (tertiary/aromatic N) is 3. The molecule has 13 heavy (non-hydrogen) atoms. The summed E-state index contributed by atoms with van der Waals surface area (Å²) in [4.78, 5) is 12.7. The van der Waals surface area contributed by atoms with Gasteiger partial charge in [0.25, 0.3) is 0 Å². The average Bonchev–Trinajstić information content (AvgIpc) is 2.16. The van der Waals surface area contributed by atoms with Gasteiger partial charge in [0.2, 0.25) is 0 Å². The first kappa shape index (κ1) is 8.44. The van der Waals surface area contributed by atoms with Crippen molar-refractivity contribution >= 4 is 22.8 Å². The predicted molar refractivity (Wildman–Crippen MR) is 52.7 cm³/mol. The zero-order chi connectivity index (χ0) is 9.26. The number of aryl methyl sites for hydroxylation is 1. The molecule has 0 unspecified atom stereocenters. The maximum absolute atomic E-state index is 4.28. The van der Waals surface area contributed by atoms with Crippen LogP contribution in [0, 0.1) is 13.0 Å². The lowest BCUT2D eigenvalue weighted by Crippen LogP contribution is -1.91. The van der Waals surface area contributed by atoms with Gasteiger partial charge in [-0.2, -0.15) is 0 Å². The van der Waals surface area contributed by atoms with Gasteiger partial charge in [0.15, 0.2) is 10.8 Å². The molecule has 0 N–H and O–H groups in total. The number of rotatable bonds is 1. The van der Waals surface area contributed by atoms with E-state index in [1.807, 2.05) is 19.2 Å². The standard InChI is InChI=1S/C9H8N3S/c1-6-3-4-7-5-10-9(13-2)12-8(7)11-6/h4-5H,1-2H3. The van der Waals surface area contributed by atoms with Crippen LogP contribution in [0.3, 0.4) is 0 Å². The van der Waals surface area contributed by atoms with Crippen LogP contribution in [0.4, 0.5) is 0 Å². The van der Waals surface area contributed by atoms with E-state index >= 15 is 0 Å². The SMILES string of the molecule is CSc1ncc2c[c]c(C)nc2n1. The Hall–Kier alpha value is -1.16. The van der Waals surface area contributed by atoms with Gasteiger partial charge in [0.05, 0.1) is 0 Å². The number of fused-ring (bicyclic) bond motifs is 1. The number of aromatic nitrogens is 3. The van der Waals surface area contributed by atoms with E-state index in [9.17, 15) is 0 Å². The van der Waals surface area contributed by atoms with Crippen molar-refractivity contribution in [3.8, 4) is 0 Å². The normalized spacial score (nSPS) is 10.6. The van der Waals surface area contributed by atoms with Crippen LogP contribution in [0.2, 0.25) is 0 Å². The first-order valence-corrected chi connectivity index (χ1v) is 5.08. The molecule has 0 fully saturated rings. The van der Waals surface area contributed by atoms with E-state index in [-0.39, 0.29) is 0 Å². The van der Waals surface area contributed by atoms with Crippen LogP contribution < -0.4 is 0 Å². The summed E-state index contributed by atoms with van der Waals surface area (Å²) in [6.07, 6.45) is 3.72. The summed E-state index contributed by atoms with van der Waals surface area (Å²) in [5, 5.41) is 1.69. The minimum atomic E-state index is 0.746. The number of hydrogen-bond donors (Lipinski definition) is 0. The molecule has 0 saturated carbocycles. The van der Waals surface area contributed by atoms with Crippen molar-refractivity contribution in [3.05, 3.63) is 24.0 Å². The molecule has 0 bridgehead atoms. The van der Waals surface area contributed by atoms with E-state index in [1.165, 1.54) is 11.8 Å². The number of thioether (sulfide) groups is 1. The highest BCUT2D eigenvalue weighted by Gasteiger charge is 1.99. The third kappa shape index (κ3) is 1.62. The zero-order valence-corrected chi connectivity index (χ0v) is 8.22. The lowest BCUT2D eigenvalue weighted by molar-refractivity contribution is 0.986. The monoisotopic (exact) mass is 190 g/mol. The summed E-state index contributed by atoms with van der Waals surface area (Å²) >= 11 is 1.52. The molecule has 2 aromatic rings. The third-order valence-electron chi connectivity index (χ3n) is 1.67. The first-order valence-electron chi connectivity index (χ1n) is 3.85. The Labute approximate surface area is 80.6 Å². The molecule has 4 heteroatoms. The van der Waals surface area contributed by atoms with E-state index in [1.54, 1.807) is 6.20 Å². The van der Waals surface area contributed by atoms with Crippen molar-refractivity contribution < 1.29 is 0 Å². The van der Waals surface area contributed by atoms with E-state index in [4.69, 9.17) is 0 Å². The van der Waals surface area contributed by atoms with Crippen molar-refractivity contribution in [2.45, 2.75) is 12.1 Å². The molecule has 0 spiro atoms. The minimum Gasteiger partial charge on any atom is -0.233 e. The van der Waals surface area contributed by atoms with Crippen molar-refractivity contribution in [1.29, 1.82) is 0 Å². The zero-order valence-electron chi connectivity index (χ0n) is 7.40. The van der Waals surface area contributed by atoms with Gasteiger partial charge in [-0.25, -0.2) is 15.0 Å². The summed E-state index contributed by atoms with van der Waals surface area (Å²) in [7, 11) is 0. The van der Waals surface area contributed by atoms with Crippen LogP contribution in [0.25, 0.3) is 11.0 Å². The second-order valence-corrected chi connectivity index (χ2v) is 3.39. The molecule has 0 aromatic carbocycles. The van der Waals surface area contributed by atoms with Gasteiger partial charge >= 0.3 is 0 Å². The van der Waals surface area contributed by atoms with Gasteiger partial charge in [-0.3, -0.25) is 0 Å². The van der Waals surface area contributed by atoms with Crippen LogP contribution >= 0.6 is 11.8 Å². The maximum atomic E-state index is 4.28. The molecular weight excluding hydrogens is 182 g/mol. The van der Waals surface area contributed by atoms with Crippen LogP contribution in [-0.2, 0) is 0 Å². The molecule has 2 heterocycles. The summed E-state index contributed by atoms with van der Waals surface area (Å²) in [6, 6.07) is 4.88. The second kappa shape index (κ2) is 3.30. The summed E-state index contributed by atoms with van der Waals surface area (Å²) in [6.45, 7) is 1.90. The molecule has 0 saturated heterocycles. The Bertz CT molecular complexity index is 442. The Morgan fingerprint density at radius 2 is 2.23 bits per heavy atom. The molecule has 2 rings (SSSR count). The van der Waals surface area contributed by atoms with E-state index in [0.29, 0.717) is 0 Å². The Morgan fingerprint density at radius 1 is 1.38 bits per heavy atom. The molecule has 0 aliphatic carbocycles. The number of pyridine rings is 1. The maximum Gasteiger partial charge on any atom is 0.189 e. The van der Waals surface area contributed by atoms with Crippen LogP contribution in [-0.4, -0.2) is 21.2 Å². The highest BCUT2D eigenvalue weighted by Crippen LogP contribution is 2.13. The Morgan fingerprint density at radius 3 is 3.00 bits per heavy atom. The molecule has 0 aliphatic heterocycles. The van der Waals surface area contributed by atoms with Gasteiger partial charge in [-0.1, -0.05) is 11.8 Å². The van der Waals surface area contributed by atoms with Gasteiger partial charge in [-0.15, -0.1) is 0 Å². The molecular formula is C9H8N3S. The van der Waals surface area contributed by atoms with Crippen molar-refractivity contribution in [1.82, 2.24) is 15.0 Å². The highest BCUT2D eigenvalue weighted by molar-refractivity contribution is 7.98. The van der Waals surface area contributed by atoms with Gasteiger partial charge in [0, 0.05) is 23.3 Å². The minimum absolute atomic E-state index is 0.746. The summed E-state index contributed by atoms with van der Waals surface area (Å²) < 4.78 is 0. The fourth-order valence-electron chi connectivity index (χ4n) is 1.03. The summed E-state index contributed by atoms with van der Waals surface area (Å²) in [5.41, 5.74) is 1.61. The van der Waals surface area contributed by atoms with Crippen molar-refractivity contribution in [3.63, 3.8) is 0 Å². The molecule has 0 aliphatic rings. The van der Waals surface area contributed by atoms with Crippen LogP contribution in [0.1, 0.15) is 5.69 Å². The lowest BCUT2D eigenvalue weighted by Gasteiger charge is -1.98. The fraction of sp³-hybridized carbons (Fsp3) is 0.222. The third-order valence-corrected chi connectivity index (χ3v) is 2.23. The molecule has 3 nitrogen and oxygen atoms in total. The van der Waals surface area contributed by atoms with Gasteiger partial charge in [-0.05, 0) is 19.2 Å². The molecule has 0 atom stereocenters. The highest BCUT2D eigenvalue weighted by atomic mass is 32.2. The predicted octanol–water partition coefficient (Wildman–Crippen LogP) is 1.86. The Balaban J connectivity index is 2.68. The van der Waals surface area contributed by atoms with E-state index < -0.39 is 0 Å². The van der Waals surface area contributed by atoms with Crippen LogP contribution in [0.5, 0.6) is 0 Å². The second-order valence-electron chi connectivity index (χ2n) is 2.62. The Kier molecular flexibility index (Phi) is 2.14. The topological polar surface area (TPSA) is 38.7 Å². The van der Waals surface area contributed by atoms with Crippen LogP contribution in [0.15, 0.2) is 17.4 Å². The van der Waals surface area contributed by atoms with Gasteiger partial charge in [0.1, 0.15) is 0 Å². The van der Waals surface area contributed by atoms with E-state index in [0.717, 1.165) is 21.9 Å².